The number of fused-ring (bicyclic) bond motifs is 2. The first-order chi connectivity index (χ1) is 18.0. The molecule has 0 unspecified atom stereocenters. The molecular weight excluding hydrogens is 466 g/mol. The topological polar surface area (TPSA) is 88.6 Å². The van der Waals surface area contributed by atoms with E-state index in [2.05, 4.69) is 10.3 Å². The molecule has 0 radical (unpaired) electrons. The lowest BCUT2D eigenvalue weighted by Gasteiger charge is -2.27. The van der Waals surface area contributed by atoms with E-state index in [9.17, 15) is 14.4 Å². The Labute approximate surface area is 214 Å². The van der Waals surface area contributed by atoms with Crippen LogP contribution >= 0.6 is 0 Å². The van der Waals surface area contributed by atoms with Crippen LogP contribution in [0.4, 0.5) is 0 Å². The number of nitrogens with one attached hydrogen (secondary N) is 1. The van der Waals surface area contributed by atoms with Crippen LogP contribution in [0.15, 0.2) is 66.9 Å². The number of hydrogen-bond acceptors (Lipinski definition) is 5. The SMILES string of the molecule is O=C(NC1CC1)c1ccc(-c2ccc(C3(C(=O)N4CC[C@@]5(C4)OC(=O)c4ccccc45)CC3)cc2)cn1. The molecule has 2 saturated carbocycles. The summed E-state index contributed by atoms with van der Waals surface area (Å²) in [4.78, 5) is 44.6. The molecule has 186 valence electrons. The van der Waals surface area contributed by atoms with Crippen molar-refractivity contribution in [2.45, 2.75) is 49.2 Å². The fraction of sp³-hybridized carbons (Fsp3) is 0.333. The highest BCUT2D eigenvalue weighted by Crippen LogP contribution is 2.52. The molecule has 3 fully saturated rings. The minimum absolute atomic E-state index is 0.116. The molecule has 1 atom stereocenters. The molecule has 3 aromatic rings. The highest BCUT2D eigenvalue weighted by molar-refractivity contribution is 5.96. The number of likely N-dealkylation sites (tertiary alicyclic amines) is 1. The third-order valence-electron chi connectivity index (χ3n) is 8.28. The van der Waals surface area contributed by atoms with E-state index in [1.807, 2.05) is 53.4 Å². The van der Waals surface area contributed by atoms with Crippen molar-refractivity contribution in [3.05, 3.63) is 89.2 Å². The van der Waals surface area contributed by atoms with E-state index in [0.717, 1.165) is 47.9 Å². The zero-order valence-corrected chi connectivity index (χ0v) is 20.4. The normalized spacial score (nSPS) is 23.0. The van der Waals surface area contributed by atoms with Crippen LogP contribution in [0.2, 0.25) is 0 Å². The molecule has 3 heterocycles. The van der Waals surface area contributed by atoms with Gasteiger partial charge in [-0.2, -0.15) is 0 Å². The number of ether oxygens (including phenoxy) is 1. The molecule has 1 spiro atoms. The number of pyridine rings is 1. The van der Waals surface area contributed by atoms with Gasteiger partial charge in [0.2, 0.25) is 5.91 Å². The van der Waals surface area contributed by atoms with E-state index in [1.54, 1.807) is 18.3 Å². The van der Waals surface area contributed by atoms with Crippen molar-refractivity contribution in [1.29, 1.82) is 0 Å². The lowest BCUT2D eigenvalue weighted by atomic mass is 9.91. The number of rotatable bonds is 5. The van der Waals surface area contributed by atoms with Crippen molar-refractivity contribution in [1.82, 2.24) is 15.2 Å². The summed E-state index contributed by atoms with van der Waals surface area (Å²) in [7, 11) is 0. The maximum Gasteiger partial charge on any atom is 0.339 e. The first kappa shape index (κ1) is 22.2. The molecule has 2 aliphatic carbocycles. The first-order valence-electron chi connectivity index (χ1n) is 13.0. The Morgan fingerprint density at radius 1 is 0.946 bits per heavy atom. The van der Waals surface area contributed by atoms with Gasteiger partial charge in [0.05, 0.1) is 17.5 Å². The molecule has 0 bridgehead atoms. The summed E-state index contributed by atoms with van der Waals surface area (Å²) in [5.41, 5.74) is 3.63. The average Bonchev–Trinajstić information content (AvgIpc) is 3.86. The number of amides is 2. The number of carbonyl (C=O) groups excluding carboxylic acids is 3. The molecule has 2 amide bonds. The minimum atomic E-state index is -0.724. The Hall–Kier alpha value is -4.00. The Kier molecular flexibility index (Phi) is 4.80. The zero-order chi connectivity index (χ0) is 25.2. The predicted octanol–water partition coefficient (Wildman–Crippen LogP) is 3.97. The van der Waals surface area contributed by atoms with Crippen molar-refractivity contribution in [2.75, 3.05) is 13.1 Å². The molecule has 2 aromatic carbocycles. The van der Waals surface area contributed by atoms with Gasteiger partial charge in [-0.15, -0.1) is 0 Å². The molecule has 2 aliphatic heterocycles. The molecule has 37 heavy (non-hydrogen) atoms. The van der Waals surface area contributed by atoms with Crippen LogP contribution in [0, 0.1) is 0 Å². The van der Waals surface area contributed by atoms with Crippen molar-refractivity contribution in [2.24, 2.45) is 0 Å². The second-order valence-corrected chi connectivity index (χ2v) is 10.7. The summed E-state index contributed by atoms with van der Waals surface area (Å²) in [6.07, 6.45) is 6.06. The number of hydrogen-bond donors (Lipinski definition) is 1. The summed E-state index contributed by atoms with van der Waals surface area (Å²) >= 11 is 0. The Balaban J connectivity index is 1.07. The summed E-state index contributed by atoms with van der Waals surface area (Å²) < 4.78 is 5.85. The Morgan fingerprint density at radius 2 is 1.70 bits per heavy atom. The van der Waals surface area contributed by atoms with Crippen LogP contribution in [0.25, 0.3) is 11.1 Å². The molecule has 4 aliphatic rings. The lowest BCUT2D eigenvalue weighted by molar-refractivity contribution is -0.134. The Bertz CT molecular complexity index is 1420. The van der Waals surface area contributed by atoms with Crippen molar-refractivity contribution in [3.63, 3.8) is 0 Å². The number of esters is 1. The summed E-state index contributed by atoms with van der Waals surface area (Å²) in [6, 6.07) is 19.6. The maximum atomic E-state index is 13.7. The molecule has 7 rings (SSSR count). The molecule has 1 aromatic heterocycles. The van der Waals surface area contributed by atoms with Gasteiger partial charge < -0.3 is 15.0 Å². The first-order valence-corrected chi connectivity index (χ1v) is 13.0. The van der Waals surface area contributed by atoms with Gasteiger partial charge in [0.25, 0.3) is 5.91 Å². The molecule has 1 N–H and O–H groups in total. The largest absolute Gasteiger partial charge is 0.449 e. The van der Waals surface area contributed by atoms with Gasteiger partial charge >= 0.3 is 5.97 Å². The quantitative estimate of drug-likeness (QED) is 0.544. The fourth-order valence-electron chi connectivity index (χ4n) is 5.83. The van der Waals surface area contributed by atoms with Crippen LogP contribution in [0.3, 0.4) is 0 Å². The molecule has 1 saturated heterocycles. The second-order valence-electron chi connectivity index (χ2n) is 10.7. The second kappa shape index (κ2) is 8.00. The van der Waals surface area contributed by atoms with E-state index in [-0.39, 0.29) is 17.8 Å². The van der Waals surface area contributed by atoms with Crippen molar-refractivity contribution >= 4 is 17.8 Å². The standard InChI is InChI=1S/C30H27N3O4/c34-26(32-22-10-11-22)25-12-7-20(17-31-25)19-5-8-21(9-6-19)29(13-14-29)28(36)33-16-15-30(18-33)24-4-2-1-3-23(24)27(35)37-30/h1-9,12,17,22H,10-11,13-16,18H2,(H,32,34)/t30-/m0/s1. The number of aromatic nitrogens is 1. The highest BCUT2D eigenvalue weighted by atomic mass is 16.6. The van der Waals surface area contributed by atoms with Crippen LogP contribution in [-0.4, -0.2) is 46.8 Å². The van der Waals surface area contributed by atoms with Crippen molar-refractivity contribution < 1.29 is 19.1 Å². The fourth-order valence-corrected chi connectivity index (χ4v) is 5.83. The van der Waals surface area contributed by atoms with Crippen LogP contribution < -0.4 is 5.32 Å². The monoisotopic (exact) mass is 493 g/mol. The average molecular weight is 494 g/mol. The summed E-state index contributed by atoms with van der Waals surface area (Å²) in [5, 5.41) is 2.96. The van der Waals surface area contributed by atoms with Gasteiger partial charge in [-0.1, -0.05) is 48.5 Å². The van der Waals surface area contributed by atoms with Gasteiger partial charge in [0, 0.05) is 36.3 Å². The predicted molar refractivity (Wildman–Crippen MR) is 136 cm³/mol. The zero-order valence-electron chi connectivity index (χ0n) is 20.4. The van der Waals surface area contributed by atoms with E-state index in [4.69, 9.17) is 4.74 Å². The number of nitrogens with zero attached hydrogens (tertiary/aromatic N) is 2. The van der Waals surface area contributed by atoms with Crippen molar-refractivity contribution in [3.8, 4) is 11.1 Å². The van der Waals surface area contributed by atoms with Crippen LogP contribution in [0.5, 0.6) is 0 Å². The summed E-state index contributed by atoms with van der Waals surface area (Å²) in [5.74, 6) is -0.309. The molecular formula is C30H27N3O4. The number of carbonyl (C=O) groups is 3. The molecule has 7 heteroatoms. The molecule has 7 nitrogen and oxygen atoms in total. The third-order valence-corrected chi connectivity index (χ3v) is 8.28. The summed E-state index contributed by atoms with van der Waals surface area (Å²) in [6.45, 7) is 0.980. The van der Waals surface area contributed by atoms with Gasteiger partial charge in [0.1, 0.15) is 5.69 Å². The van der Waals surface area contributed by atoms with Gasteiger partial charge in [-0.05, 0) is 48.9 Å². The highest BCUT2D eigenvalue weighted by Gasteiger charge is 2.57. The number of benzene rings is 2. The minimum Gasteiger partial charge on any atom is -0.449 e. The van der Waals surface area contributed by atoms with Gasteiger partial charge in [-0.25, -0.2) is 4.79 Å². The van der Waals surface area contributed by atoms with E-state index in [1.165, 1.54) is 0 Å². The van der Waals surface area contributed by atoms with E-state index >= 15 is 0 Å². The Morgan fingerprint density at radius 3 is 2.41 bits per heavy atom. The van der Waals surface area contributed by atoms with Gasteiger partial charge in [0.15, 0.2) is 5.60 Å². The third kappa shape index (κ3) is 3.64. The van der Waals surface area contributed by atoms with Gasteiger partial charge in [-0.3, -0.25) is 14.6 Å². The van der Waals surface area contributed by atoms with Crippen LogP contribution in [0.1, 0.15) is 64.1 Å². The van der Waals surface area contributed by atoms with E-state index < -0.39 is 11.0 Å². The maximum absolute atomic E-state index is 13.7. The van der Waals surface area contributed by atoms with E-state index in [0.29, 0.717) is 36.8 Å². The van der Waals surface area contributed by atoms with Crippen LogP contribution in [-0.2, 0) is 20.5 Å². The lowest BCUT2D eigenvalue weighted by Crippen LogP contribution is -2.40. The smallest absolute Gasteiger partial charge is 0.339 e.